The summed E-state index contributed by atoms with van der Waals surface area (Å²) in [6.45, 7) is 6.70. The summed E-state index contributed by atoms with van der Waals surface area (Å²) < 4.78 is 18.8. The van der Waals surface area contributed by atoms with Crippen LogP contribution in [0.3, 0.4) is 0 Å². The maximum atomic E-state index is 13.4. The smallest absolute Gasteiger partial charge is 0.337 e. The lowest BCUT2D eigenvalue weighted by molar-refractivity contribution is -0.0592. The molecule has 9 nitrogen and oxygen atoms in total. The first-order valence-corrected chi connectivity index (χ1v) is 14.5. The average molecular weight is 589 g/mol. The van der Waals surface area contributed by atoms with Crippen LogP contribution in [0.4, 0.5) is 0 Å². The number of halogens is 1. The number of carbonyl (C=O) groups excluding carboxylic acids is 2. The van der Waals surface area contributed by atoms with Crippen molar-refractivity contribution in [2.24, 2.45) is 0 Å². The summed E-state index contributed by atoms with van der Waals surface area (Å²) in [5.74, 6) is 1.64. The van der Waals surface area contributed by atoms with Gasteiger partial charge >= 0.3 is 5.97 Å². The van der Waals surface area contributed by atoms with Gasteiger partial charge in [-0.1, -0.05) is 23.7 Å². The molecule has 2 aliphatic heterocycles. The van der Waals surface area contributed by atoms with Gasteiger partial charge in [0.1, 0.15) is 17.3 Å². The molecule has 0 N–H and O–H groups in total. The van der Waals surface area contributed by atoms with Gasteiger partial charge in [0.2, 0.25) is 0 Å². The van der Waals surface area contributed by atoms with Crippen LogP contribution in [-0.4, -0.2) is 77.2 Å². The lowest BCUT2D eigenvalue weighted by atomic mass is 10.1. The Morgan fingerprint density at radius 3 is 2.55 bits per heavy atom. The number of imidazole rings is 1. The maximum absolute atomic E-state index is 13.4. The van der Waals surface area contributed by atoms with Crippen LogP contribution in [-0.2, 0) is 22.6 Å². The number of methoxy groups -OCH3 is 1. The van der Waals surface area contributed by atoms with E-state index in [0.29, 0.717) is 53.8 Å². The molecule has 0 bridgehead atoms. The van der Waals surface area contributed by atoms with Crippen molar-refractivity contribution in [3.63, 3.8) is 0 Å². The third kappa shape index (κ3) is 5.99. The molecular weight excluding hydrogens is 556 g/mol. The summed E-state index contributed by atoms with van der Waals surface area (Å²) in [5.41, 5.74) is 3.85. The molecule has 4 aromatic rings. The first kappa shape index (κ1) is 28.2. The molecule has 0 unspecified atom stereocenters. The Bertz CT molecular complexity index is 1620. The van der Waals surface area contributed by atoms with E-state index in [1.807, 2.05) is 60.4 Å². The predicted molar refractivity (Wildman–Crippen MR) is 159 cm³/mol. The van der Waals surface area contributed by atoms with Crippen molar-refractivity contribution in [1.29, 1.82) is 0 Å². The third-order valence-corrected chi connectivity index (χ3v) is 8.14. The number of ether oxygens (including phenoxy) is 3. The van der Waals surface area contributed by atoms with Crippen LogP contribution >= 0.6 is 11.6 Å². The first-order chi connectivity index (χ1) is 20.4. The number of hydrogen-bond donors (Lipinski definition) is 0. The summed E-state index contributed by atoms with van der Waals surface area (Å²) in [4.78, 5) is 34.6. The quantitative estimate of drug-likeness (QED) is 0.257. The molecule has 42 heavy (non-hydrogen) atoms. The Balaban J connectivity index is 1.12. The molecule has 1 atom stereocenters. The lowest BCUT2D eigenvalue weighted by Crippen LogP contribution is -2.48. The van der Waals surface area contributed by atoms with Gasteiger partial charge in [-0.25, -0.2) is 9.78 Å². The van der Waals surface area contributed by atoms with Crippen LogP contribution in [0, 0.1) is 6.92 Å². The van der Waals surface area contributed by atoms with Crippen molar-refractivity contribution in [3.8, 4) is 11.5 Å². The second-order valence-corrected chi connectivity index (χ2v) is 11.2. The Kier molecular flexibility index (Phi) is 8.15. The molecule has 2 saturated heterocycles. The molecule has 2 fully saturated rings. The number of fused-ring (bicyclic) bond motifs is 1. The zero-order chi connectivity index (χ0) is 29.2. The van der Waals surface area contributed by atoms with Gasteiger partial charge in [-0.3, -0.25) is 9.69 Å². The fourth-order valence-electron chi connectivity index (χ4n) is 5.37. The fourth-order valence-corrected chi connectivity index (χ4v) is 5.65. The molecule has 0 saturated carbocycles. The maximum Gasteiger partial charge on any atom is 0.337 e. The zero-order valence-corrected chi connectivity index (χ0v) is 24.5. The number of esters is 1. The number of nitrogens with zero attached hydrogens (tertiary/aromatic N) is 4. The monoisotopic (exact) mass is 588 g/mol. The Morgan fingerprint density at radius 2 is 1.83 bits per heavy atom. The highest BCUT2D eigenvalue weighted by Crippen LogP contribution is 2.31. The minimum Gasteiger partial charge on any atom is -0.465 e. The highest BCUT2D eigenvalue weighted by molar-refractivity contribution is 6.32. The van der Waals surface area contributed by atoms with Crippen molar-refractivity contribution in [2.75, 3.05) is 39.9 Å². The highest BCUT2D eigenvalue weighted by Gasteiger charge is 2.26. The zero-order valence-electron chi connectivity index (χ0n) is 23.7. The fraction of sp³-hybridized carbons (Fsp3) is 0.344. The second kappa shape index (κ2) is 12.1. The molecule has 2 aliphatic rings. The second-order valence-electron chi connectivity index (χ2n) is 10.7. The summed E-state index contributed by atoms with van der Waals surface area (Å²) in [5, 5.41) is 0.528. The van der Waals surface area contributed by atoms with Crippen molar-refractivity contribution < 1.29 is 23.8 Å². The van der Waals surface area contributed by atoms with Crippen LogP contribution < -0.4 is 4.74 Å². The van der Waals surface area contributed by atoms with Crippen molar-refractivity contribution >= 4 is 34.5 Å². The van der Waals surface area contributed by atoms with E-state index >= 15 is 0 Å². The van der Waals surface area contributed by atoms with E-state index in [1.54, 1.807) is 12.1 Å². The normalized spacial score (nSPS) is 17.2. The van der Waals surface area contributed by atoms with Gasteiger partial charge in [0.05, 0.1) is 47.9 Å². The molecule has 3 aromatic carbocycles. The molecule has 0 aliphatic carbocycles. The van der Waals surface area contributed by atoms with Gasteiger partial charge in [-0.15, -0.1) is 0 Å². The van der Waals surface area contributed by atoms with Crippen molar-refractivity contribution in [3.05, 3.63) is 88.2 Å². The lowest BCUT2D eigenvalue weighted by Gasteiger charge is -2.35. The van der Waals surface area contributed by atoms with E-state index < -0.39 is 0 Å². The number of hydrogen-bond acceptors (Lipinski definition) is 7. The Hall–Kier alpha value is -3.92. The minimum absolute atomic E-state index is 0.0280. The molecule has 1 amide bonds. The van der Waals surface area contributed by atoms with E-state index in [9.17, 15) is 9.59 Å². The van der Waals surface area contributed by atoms with Crippen LogP contribution in [0.25, 0.3) is 11.0 Å². The van der Waals surface area contributed by atoms with E-state index in [0.717, 1.165) is 48.5 Å². The summed E-state index contributed by atoms with van der Waals surface area (Å²) in [6, 6.07) is 18.3. The molecule has 1 aromatic heterocycles. The van der Waals surface area contributed by atoms with Crippen LogP contribution in [0.5, 0.6) is 11.5 Å². The van der Waals surface area contributed by atoms with Crippen LogP contribution in [0.2, 0.25) is 5.02 Å². The Labute approximate surface area is 249 Å². The molecule has 6 rings (SSSR count). The number of rotatable bonds is 8. The van der Waals surface area contributed by atoms with Gasteiger partial charge in [-0.2, -0.15) is 0 Å². The van der Waals surface area contributed by atoms with Gasteiger partial charge in [0, 0.05) is 38.3 Å². The highest BCUT2D eigenvalue weighted by atomic mass is 35.5. The van der Waals surface area contributed by atoms with Crippen molar-refractivity contribution in [1.82, 2.24) is 19.4 Å². The predicted octanol–water partition coefficient (Wildman–Crippen LogP) is 5.32. The van der Waals surface area contributed by atoms with E-state index in [2.05, 4.69) is 9.47 Å². The molecule has 10 heteroatoms. The summed E-state index contributed by atoms with van der Waals surface area (Å²) >= 11 is 6.33. The third-order valence-electron chi connectivity index (χ3n) is 7.85. The number of piperazine rings is 1. The number of aryl methyl sites for hydroxylation is 1. The van der Waals surface area contributed by atoms with Crippen LogP contribution in [0.1, 0.15) is 38.5 Å². The summed E-state index contributed by atoms with van der Waals surface area (Å²) in [6.07, 6.45) is 1.14. The van der Waals surface area contributed by atoms with Gasteiger partial charge in [0.25, 0.3) is 5.91 Å². The number of benzene rings is 3. The van der Waals surface area contributed by atoms with Gasteiger partial charge in [0.15, 0.2) is 0 Å². The molecular formula is C32H33ClN4O5. The van der Waals surface area contributed by atoms with Crippen molar-refractivity contribution in [2.45, 2.75) is 32.5 Å². The summed E-state index contributed by atoms with van der Waals surface area (Å²) in [7, 11) is 1.38. The topological polar surface area (TPSA) is 86.1 Å². The number of aromatic nitrogens is 2. The minimum atomic E-state index is -0.372. The van der Waals surface area contributed by atoms with E-state index in [1.165, 1.54) is 7.11 Å². The number of carbonyl (C=O) groups is 2. The van der Waals surface area contributed by atoms with Crippen LogP contribution in [0.15, 0.2) is 60.7 Å². The van der Waals surface area contributed by atoms with E-state index in [4.69, 9.17) is 30.8 Å². The largest absolute Gasteiger partial charge is 0.465 e. The van der Waals surface area contributed by atoms with E-state index in [-0.39, 0.29) is 18.0 Å². The molecule has 218 valence electrons. The van der Waals surface area contributed by atoms with Gasteiger partial charge < -0.3 is 23.7 Å². The SMILES string of the molecule is COC(=O)c1ccc2nc(CN3CCN(C(=O)c4cccc(Oc5ccc(C)cc5Cl)c4)CC3)n(C[C@@H]3CCO3)c2c1. The van der Waals surface area contributed by atoms with Gasteiger partial charge in [-0.05, 0) is 67.4 Å². The molecule has 0 radical (unpaired) electrons. The molecule has 0 spiro atoms. The number of amides is 1. The first-order valence-electron chi connectivity index (χ1n) is 14.1. The Morgan fingerprint density at radius 1 is 1.02 bits per heavy atom. The average Bonchev–Trinajstić information content (AvgIpc) is 3.32. The molecule has 3 heterocycles. The standard InChI is InChI=1S/C32H33ClN4O5/c1-21-6-9-29(26(33)16-21)42-24-5-3-4-22(17-24)31(38)36-13-11-35(12-14-36)20-30-34-27-8-7-23(32(39)40-2)18-28(27)37(30)19-25-10-15-41-25/h3-9,16-18,25H,10-15,19-20H2,1-2H3/t25-/m0/s1.